The van der Waals surface area contributed by atoms with E-state index in [0.717, 1.165) is 37.3 Å². The predicted octanol–water partition coefficient (Wildman–Crippen LogP) is 1.75. The van der Waals surface area contributed by atoms with E-state index >= 15 is 0 Å². The molecular formula is C16H26N4O2S. The highest BCUT2D eigenvalue weighted by atomic mass is 32.2. The van der Waals surface area contributed by atoms with Gasteiger partial charge in [0.2, 0.25) is 0 Å². The molecule has 6 nitrogen and oxygen atoms in total. The first-order chi connectivity index (χ1) is 11.0. The normalized spacial score (nSPS) is 23.3. The number of nitrogens with one attached hydrogen (secondary N) is 1. The maximum atomic E-state index is 12.4. The second-order valence-electron chi connectivity index (χ2n) is 6.65. The lowest BCUT2D eigenvalue weighted by Gasteiger charge is -2.30. The molecule has 2 aliphatic rings. The molecule has 0 aliphatic carbocycles. The number of rotatable bonds is 5. The molecule has 0 unspecified atom stereocenters. The highest BCUT2D eigenvalue weighted by molar-refractivity contribution is 7.87. The molecule has 1 N–H and O–H groups in total. The zero-order valence-corrected chi connectivity index (χ0v) is 14.6. The number of hydrogen-bond donors (Lipinski definition) is 1. The molecule has 3 heterocycles. The molecule has 0 saturated carbocycles. The summed E-state index contributed by atoms with van der Waals surface area (Å²) in [4.78, 5) is 6.66. The lowest BCUT2D eigenvalue weighted by molar-refractivity contribution is 0.278. The van der Waals surface area contributed by atoms with Crippen LogP contribution in [0.4, 0.5) is 5.82 Å². The van der Waals surface area contributed by atoms with Gasteiger partial charge >= 0.3 is 0 Å². The van der Waals surface area contributed by atoms with Crippen LogP contribution in [-0.2, 0) is 16.8 Å². The van der Waals surface area contributed by atoms with Gasteiger partial charge in [0, 0.05) is 38.9 Å². The average Bonchev–Trinajstić information content (AvgIpc) is 3.08. The number of hydrogen-bond acceptors (Lipinski definition) is 4. The minimum Gasteiger partial charge on any atom is -0.357 e. The molecule has 0 bridgehead atoms. The average molecular weight is 338 g/mol. The van der Waals surface area contributed by atoms with Crippen LogP contribution in [0.5, 0.6) is 0 Å². The molecule has 2 fully saturated rings. The van der Waals surface area contributed by atoms with Crippen molar-refractivity contribution in [1.82, 2.24) is 14.0 Å². The van der Waals surface area contributed by atoms with Crippen molar-refractivity contribution in [1.29, 1.82) is 0 Å². The Morgan fingerprint density at radius 1 is 1.26 bits per heavy atom. The number of nitrogens with zero attached hydrogens (tertiary/aromatic N) is 3. The van der Waals surface area contributed by atoms with Crippen LogP contribution >= 0.6 is 0 Å². The van der Waals surface area contributed by atoms with Crippen molar-refractivity contribution in [3.63, 3.8) is 0 Å². The molecule has 0 aromatic carbocycles. The van der Waals surface area contributed by atoms with Gasteiger partial charge in [-0.05, 0) is 49.3 Å². The van der Waals surface area contributed by atoms with E-state index < -0.39 is 10.2 Å². The van der Waals surface area contributed by atoms with Crippen LogP contribution < -0.4 is 9.62 Å². The van der Waals surface area contributed by atoms with Crippen molar-refractivity contribution in [2.45, 2.75) is 39.2 Å². The highest BCUT2D eigenvalue weighted by Gasteiger charge is 2.26. The Kier molecular flexibility index (Phi) is 5.18. The Hall–Kier alpha value is -1.18. The summed E-state index contributed by atoms with van der Waals surface area (Å²) in [6, 6.07) is 3.87. The van der Waals surface area contributed by atoms with Gasteiger partial charge in [-0.1, -0.05) is 6.92 Å². The van der Waals surface area contributed by atoms with Gasteiger partial charge in [-0.25, -0.2) is 4.98 Å². The summed E-state index contributed by atoms with van der Waals surface area (Å²) in [7, 11) is -3.40. The fourth-order valence-corrected chi connectivity index (χ4v) is 4.67. The molecule has 128 valence electrons. The second kappa shape index (κ2) is 7.15. The summed E-state index contributed by atoms with van der Waals surface area (Å²) in [5, 5.41) is 0. The van der Waals surface area contributed by atoms with Gasteiger partial charge in [-0.2, -0.15) is 17.4 Å². The summed E-state index contributed by atoms with van der Waals surface area (Å²) < 4.78 is 29.2. The van der Waals surface area contributed by atoms with Crippen molar-refractivity contribution in [2.75, 3.05) is 31.1 Å². The minimum absolute atomic E-state index is 0.316. The minimum atomic E-state index is -3.40. The summed E-state index contributed by atoms with van der Waals surface area (Å²) in [6.45, 7) is 5.73. The molecule has 7 heteroatoms. The largest absolute Gasteiger partial charge is 0.357 e. The molecule has 3 rings (SSSR count). The first-order valence-corrected chi connectivity index (χ1v) is 9.93. The quantitative estimate of drug-likeness (QED) is 0.888. The smallest absolute Gasteiger partial charge is 0.279 e. The van der Waals surface area contributed by atoms with Crippen LogP contribution in [-0.4, -0.2) is 43.9 Å². The molecule has 0 radical (unpaired) electrons. The van der Waals surface area contributed by atoms with Gasteiger partial charge in [0.1, 0.15) is 5.82 Å². The third kappa shape index (κ3) is 4.22. The van der Waals surface area contributed by atoms with E-state index in [-0.39, 0.29) is 0 Å². The van der Waals surface area contributed by atoms with Crippen molar-refractivity contribution < 1.29 is 8.42 Å². The third-order valence-corrected chi connectivity index (χ3v) is 6.18. The van der Waals surface area contributed by atoms with Gasteiger partial charge in [-0.15, -0.1) is 0 Å². The maximum Gasteiger partial charge on any atom is 0.279 e. The maximum absolute atomic E-state index is 12.4. The third-order valence-electron chi connectivity index (χ3n) is 4.66. The highest BCUT2D eigenvalue weighted by Crippen LogP contribution is 2.20. The van der Waals surface area contributed by atoms with E-state index in [1.165, 1.54) is 12.8 Å². The number of piperidine rings is 1. The van der Waals surface area contributed by atoms with E-state index in [1.807, 2.05) is 12.1 Å². The number of anilines is 1. The number of aromatic nitrogens is 1. The van der Waals surface area contributed by atoms with Crippen LogP contribution in [0.25, 0.3) is 0 Å². The zero-order valence-electron chi connectivity index (χ0n) is 13.7. The second-order valence-corrected chi connectivity index (χ2v) is 8.40. The molecule has 2 aliphatic heterocycles. The predicted molar refractivity (Wildman–Crippen MR) is 91.4 cm³/mol. The Morgan fingerprint density at radius 3 is 2.78 bits per heavy atom. The fraction of sp³-hybridized carbons (Fsp3) is 0.688. The summed E-state index contributed by atoms with van der Waals surface area (Å²) in [5.74, 6) is 1.38. The van der Waals surface area contributed by atoms with Gasteiger partial charge < -0.3 is 4.90 Å². The molecule has 2 saturated heterocycles. The van der Waals surface area contributed by atoms with Crippen molar-refractivity contribution in [3.05, 3.63) is 23.9 Å². The first kappa shape index (κ1) is 16.7. The molecule has 1 aromatic rings. The van der Waals surface area contributed by atoms with E-state index in [1.54, 1.807) is 10.5 Å². The van der Waals surface area contributed by atoms with E-state index in [9.17, 15) is 8.42 Å². The zero-order chi connectivity index (χ0) is 16.3. The molecule has 0 amide bonds. The van der Waals surface area contributed by atoms with E-state index in [4.69, 9.17) is 0 Å². The summed E-state index contributed by atoms with van der Waals surface area (Å²) in [5.41, 5.74) is 0.954. The van der Waals surface area contributed by atoms with Gasteiger partial charge in [0.15, 0.2) is 0 Å². The molecule has 1 aromatic heterocycles. The lowest BCUT2D eigenvalue weighted by atomic mass is 10.0. The molecule has 0 spiro atoms. The fourth-order valence-electron chi connectivity index (χ4n) is 3.32. The molecule has 23 heavy (non-hydrogen) atoms. The molecule has 1 atom stereocenters. The first-order valence-electron chi connectivity index (χ1n) is 8.49. The Balaban J connectivity index is 1.62. The van der Waals surface area contributed by atoms with Crippen molar-refractivity contribution in [3.8, 4) is 0 Å². The number of pyridine rings is 1. The van der Waals surface area contributed by atoms with Crippen LogP contribution in [0.1, 0.15) is 38.2 Å². The SMILES string of the molecule is C[C@@H]1CCCN(S(=O)(=O)NCc2ccnc(N3CCCC3)c2)C1. The van der Waals surface area contributed by atoms with Crippen LogP contribution in [0.15, 0.2) is 18.3 Å². The van der Waals surface area contributed by atoms with Gasteiger partial charge in [-0.3, -0.25) is 0 Å². The molecular weight excluding hydrogens is 312 g/mol. The monoisotopic (exact) mass is 338 g/mol. The Bertz CT molecular complexity index is 629. The topological polar surface area (TPSA) is 65.5 Å². The summed E-state index contributed by atoms with van der Waals surface area (Å²) in [6.07, 6.45) is 6.21. The standard InChI is InChI=1S/C16H26N4O2S/c1-14-5-4-10-20(13-14)23(21,22)18-12-15-6-7-17-16(11-15)19-8-2-3-9-19/h6-7,11,14,18H,2-5,8-10,12-13H2,1H3/t14-/m1/s1. The lowest BCUT2D eigenvalue weighted by Crippen LogP contribution is -2.45. The van der Waals surface area contributed by atoms with Gasteiger partial charge in [0.25, 0.3) is 10.2 Å². The van der Waals surface area contributed by atoms with Crippen LogP contribution in [0.3, 0.4) is 0 Å². The Labute approximate surface area is 139 Å². The van der Waals surface area contributed by atoms with Crippen molar-refractivity contribution in [2.24, 2.45) is 5.92 Å². The Morgan fingerprint density at radius 2 is 2.04 bits per heavy atom. The van der Waals surface area contributed by atoms with Crippen LogP contribution in [0, 0.1) is 5.92 Å². The summed E-state index contributed by atoms with van der Waals surface area (Å²) >= 11 is 0. The van der Waals surface area contributed by atoms with Crippen LogP contribution in [0.2, 0.25) is 0 Å². The van der Waals surface area contributed by atoms with Gasteiger partial charge in [0.05, 0.1) is 0 Å². The van der Waals surface area contributed by atoms with E-state index in [2.05, 4.69) is 21.5 Å². The van der Waals surface area contributed by atoms with E-state index in [0.29, 0.717) is 25.6 Å². The van der Waals surface area contributed by atoms with Crippen molar-refractivity contribution >= 4 is 16.0 Å².